The third-order valence-corrected chi connectivity index (χ3v) is 5.46. The normalized spacial score (nSPS) is 11.2. The first kappa shape index (κ1) is 20.8. The van der Waals surface area contributed by atoms with E-state index in [0.717, 1.165) is 5.56 Å². The number of aryl methyl sites for hydroxylation is 1. The van der Waals surface area contributed by atoms with Gasteiger partial charge in [0.25, 0.3) is 0 Å². The standard InChI is InChI=1S/C23H17ClFN7O/c1-31-12-14(6-9-19(31)33)20-21(13-4-7-15(24)8-5-13)29-23(26)32-22(20)28-18(30-32)11-17-16(25)3-2-10-27-17/h2-10,12H,11H2,1H3,(H2,26,29). The Morgan fingerprint density at radius 3 is 2.55 bits per heavy atom. The summed E-state index contributed by atoms with van der Waals surface area (Å²) in [6, 6.07) is 13.2. The predicted molar refractivity (Wildman–Crippen MR) is 123 cm³/mol. The molecule has 8 nitrogen and oxygen atoms in total. The molecule has 4 aromatic heterocycles. The molecule has 0 aliphatic heterocycles. The molecular formula is C23H17ClFN7O. The Hall–Kier alpha value is -4.11. The zero-order chi connectivity index (χ0) is 23.1. The van der Waals surface area contributed by atoms with Crippen molar-refractivity contribution < 1.29 is 4.39 Å². The summed E-state index contributed by atoms with van der Waals surface area (Å²) in [5.74, 6) is 0.00628. The molecule has 5 rings (SSSR count). The number of pyridine rings is 2. The van der Waals surface area contributed by atoms with E-state index in [0.29, 0.717) is 33.3 Å². The van der Waals surface area contributed by atoms with Gasteiger partial charge < -0.3 is 10.3 Å². The maximum Gasteiger partial charge on any atom is 0.250 e. The molecule has 0 saturated carbocycles. The smallest absolute Gasteiger partial charge is 0.250 e. The van der Waals surface area contributed by atoms with Crippen LogP contribution in [-0.2, 0) is 13.5 Å². The van der Waals surface area contributed by atoms with Crippen molar-refractivity contribution in [3.8, 4) is 22.4 Å². The van der Waals surface area contributed by atoms with E-state index in [1.54, 1.807) is 31.4 Å². The third-order valence-electron chi connectivity index (χ3n) is 5.21. The molecule has 0 unspecified atom stereocenters. The third kappa shape index (κ3) is 3.83. The Bertz CT molecular complexity index is 1560. The highest BCUT2D eigenvalue weighted by atomic mass is 35.5. The summed E-state index contributed by atoms with van der Waals surface area (Å²) < 4.78 is 17.0. The molecule has 0 fully saturated rings. The molecule has 10 heteroatoms. The van der Waals surface area contributed by atoms with Crippen LogP contribution in [0.1, 0.15) is 11.5 Å². The van der Waals surface area contributed by atoms with Gasteiger partial charge in [-0.05, 0) is 30.3 Å². The number of nitrogens with two attached hydrogens (primary N) is 1. The van der Waals surface area contributed by atoms with Crippen LogP contribution in [0.3, 0.4) is 0 Å². The molecule has 0 aliphatic rings. The molecule has 0 aliphatic carbocycles. The summed E-state index contributed by atoms with van der Waals surface area (Å²) in [6.07, 6.45) is 3.29. The molecule has 0 spiro atoms. The van der Waals surface area contributed by atoms with Crippen LogP contribution in [0.2, 0.25) is 5.02 Å². The van der Waals surface area contributed by atoms with Gasteiger partial charge in [0.1, 0.15) is 5.82 Å². The number of rotatable bonds is 4. The lowest BCUT2D eigenvalue weighted by atomic mass is 10.0. The van der Waals surface area contributed by atoms with Gasteiger partial charge in [0.2, 0.25) is 11.5 Å². The number of hydrogen-bond acceptors (Lipinski definition) is 6. The van der Waals surface area contributed by atoms with Crippen LogP contribution in [0.25, 0.3) is 28.0 Å². The maximum absolute atomic E-state index is 14.1. The lowest BCUT2D eigenvalue weighted by Gasteiger charge is -2.12. The number of hydrogen-bond donors (Lipinski definition) is 1. The molecule has 1 aromatic carbocycles. The molecule has 33 heavy (non-hydrogen) atoms. The van der Waals surface area contributed by atoms with Crippen molar-refractivity contribution in [2.24, 2.45) is 7.05 Å². The fourth-order valence-electron chi connectivity index (χ4n) is 3.60. The number of anilines is 1. The summed E-state index contributed by atoms with van der Waals surface area (Å²) >= 11 is 6.07. The summed E-state index contributed by atoms with van der Waals surface area (Å²) in [4.78, 5) is 25.3. The lowest BCUT2D eigenvalue weighted by molar-refractivity contribution is 0.601. The minimum Gasteiger partial charge on any atom is -0.368 e. The summed E-state index contributed by atoms with van der Waals surface area (Å²) in [7, 11) is 1.66. The minimum absolute atomic E-state index is 0.0801. The van der Waals surface area contributed by atoms with Gasteiger partial charge in [-0.2, -0.15) is 4.52 Å². The molecule has 0 bridgehead atoms. The van der Waals surface area contributed by atoms with Crippen LogP contribution in [0.15, 0.2) is 65.7 Å². The number of fused-ring (bicyclic) bond motifs is 1. The van der Waals surface area contributed by atoms with Crippen molar-refractivity contribution in [3.63, 3.8) is 0 Å². The van der Waals surface area contributed by atoms with Gasteiger partial charge >= 0.3 is 0 Å². The molecule has 2 N–H and O–H groups in total. The van der Waals surface area contributed by atoms with E-state index in [2.05, 4.69) is 20.1 Å². The van der Waals surface area contributed by atoms with Gasteiger partial charge in [-0.15, -0.1) is 5.10 Å². The highest BCUT2D eigenvalue weighted by Crippen LogP contribution is 2.35. The second-order valence-electron chi connectivity index (χ2n) is 7.44. The van der Waals surface area contributed by atoms with E-state index >= 15 is 0 Å². The van der Waals surface area contributed by atoms with E-state index in [4.69, 9.17) is 17.3 Å². The van der Waals surface area contributed by atoms with E-state index in [1.807, 2.05) is 12.1 Å². The Kier molecular flexibility index (Phi) is 5.10. The van der Waals surface area contributed by atoms with Crippen LogP contribution in [0.4, 0.5) is 10.3 Å². The zero-order valence-electron chi connectivity index (χ0n) is 17.4. The fraction of sp³-hybridized carbons (Fsp3) is 0.0870. The van der Waals surface area contributed by atoms with Gasteiger partial charge in [-0.3, -0.25) is 9.78 Å². The molecule has 164 valence electrons. The SMILES string of the molecule is Cn1cc(-c2c(-c3ccc(Cl)cc3)nc(N)n3nc(Cc4ncccc4F)nc23)ccc1=O. The molecule has 0 amide bonds. The Labute approximate surface area is 192 Å². The minimum atomic E-state index is -0.442. The van der Waals surface area contributed by atoms with E-state index < -0.39 is 5.82 Å². The van der Waals surface area contributed by atoms with Crippen molar-refractivity contribution in [1.29, 1.82) is 0 Å². The summed E-state index contributed by atoms with van der Waals surface area (Å²) in [6.45, 7) is 0. The highest BCUT2D eigenvalue weighted by molar-refractivity contribution is 6.30. The van der Waals surface area contributed by atoms with Crippen molar-refractivity contribution in [2.75, 3.05) is 5.73 Å². The number of halogens is 2. The molecule has 0 radical (unpaired) electrons. The quantitative estimate of drug-likeness (QED) is 0.439. The van der Waals surface area contributed by atoms with Gasteiger partial charge in [0.15, 0.2) is 11.5 Å². The van der Waals surface area contributed by atoms with Crippen molar-refractivity contribution in [2.45, 2.75) is 6.42 Å². The zero-order valence-corrected chi connectivity index (χ0v) is 18.2. The average Bonchev–Trinajstić information content (AvgIpc) is 3.22. The van der Waals surface area contributed by atoms with Crippen LogP contribution >= 0.6 is 11.6 Å². The Morgan fingerprint density at radius 2 is 1.82 bits per heavy atom. The highest BCUT2D eigenvalue weighted by Gasteiger charge is 2.21. The summed E-state index contributed by atoms with van der Waals surface area (Å²) in [5.41, 5.74) is 9.38. The number of nitrogens with zero attached hydrogens (tertiary/aromatic N) is 6. The molecule has 4 heterocycles. The second kappa shape index (κ2) is 8.10. The fourth-order valence-corrected chi connectivity index (χ4v) is 3.72. The van der Waals surface area contributed by atoms with Gasteiger partial charge in [0.05, 0.1) is 23.4 Å². The van der Waals surface area contributed by atoms with Crippen LogP contribution in [0.5, 0.6) is 0 Å². The molecule has 0 saturated heterocycles. The molecular weight excluding hydrogens is 445 g/mol. The van der Waals surface area contributed by atoms with Gasteiger partial charge in [0, 0.05) is 41.7 Å². The van der Waals surface area contributed by atoms with E-state index in [1.165, 1.54) is 33.5 Å². The van der Waals surface area contributed by atoms with Crippen molar-refractivity contribution in [1.82, 2.24) is 29.1 Å². The predicted octanol–water partition coefficient (Wildman–Crippen LogP) is 3.52. The van der Waals surface area contributed by atoms with Crippen LogP contribution in [-0.4, -0.2) is 29.1 Å². The van der Waals surface area contributed by atoms with Crippen molar-refractivity contribution >= 4 is 23.2 Å². The first-order valence-electron chi connectivity index (χ1n) is 9.98. The first-order chi connectivity index (χ1) is 15.9. The Morgan fingerprint density at radius 1 is 1.06 bits per heavy atom. The average molecular weight is 462 g/mol. The molecule has 0 atom stereocenters. The monoisotopic (exact) mass is 461 g/mol. The number of benzene rings is 1. The summed E-state index contributed by atoms with van der Waals surface area (Å²) in [5, 5.41) is 5.03. The topological polar surface area (TPSA) is 104 Å². The Balaban J connectivity index is 1.77. The van der Waals surface area contributed by atoms with Gasteiger partial charge in [-0.1, -0.05) is 23.7 Å². The lowest BCUT2D eigenvalue weighted by Crippen LogP contribution is -2.14. The van der Waals surface area contributed by atoms with Crippen LogP contribution in [0, 0.1) is 5.82 Å². The largest absolute Gasteiger partial charge is 0.368 e. The van der Waals surface area contributed by atoms with Crippen LogP contribution < -0.4 is 11.3 Å². The molecule has 5 aromatic rings. The number of nitrogen functional groups attached to an aromatic ring is 1. The van der Waals surface area contributed by atoms with E-state index in [9.17, 15) is 9.18 Å². The number of aromatic nitrogens is 6. The van der Waals surface area contributed by atoms with Gasteiger partial charge in [-0.25, -0.2) is 14.4 Å². The van der Waals surface area contributed by atoms with E-state index in [-0.39, 0.29) is 23.6 Å². The second-order valence-corrected chi connectivity index (χ2v) is 7.88. The van der Waals surface area contributed by atoms with Crippen molar-refractivity contribution in [3.05, 3.63) is 93.6 Å². The maximum atomic E-state index is 14.1. The first-order valence-corrected chi connectivity index (χ1v) is 10.4.